The first-order chi connectivity index (χ1) is 8.11. The van der Waals surface area contributed by atoms with E-state index in [-0.39, 0.29) is 6.04 Å². The van der Waals surface area contributed by atoms with E-state index in [0.717, 1.165) is 12.8 Å². The second kappa shape index (κ2) is 5.04. The molecule has 2 rings (SSSR count). The maximum Gasteiger partial charge on any atom is 0.396 e. The SMILES string of the molecule is COC(=O)C(=O)NC1CC2CCCC(C1)N2C. The van der Waals surface area contributed by atoms with Crippen LogP contribution in [0.25, 0.3) is 0 Å². The number of hydrogen-bond donors (Lipinski definition) is 1. The van der Waals surface area contributed by atoms with Crippen LogP contribution in [0.1, 0.15) is 32.1 Å². The lowest BCUT2D eigenvalue weighted by Gasteiger charge is -2.47. The normalized spacial score (nSPS) is 32.9. The van der Waals surface area contributed by atoms with Crippen LogP contribution in [0.4, 0.5) is 0 Å². The Labute approximate surface area is 101 Å². The van der Waals surface area contributed by atoms with Gasteiger partial charge < -0.3 is 15.0 Å². The Kier molecular flexibility index (Phi) is 3.66. The number of rotatable bonds is 1. The quantitative estimate of drug-likeness (QED) is 0.529. The van der Waals surface area contributed by atoms with Crippen molar-refractivity contribution >= 4 is 11.9 Å². The van der Waals surface area contributed by atoms with Crippen molar-refractivity contribution in [2.45, 2.75) is 50.2 Å². The number of amides is 1. The number of esters is 1. The lowest BCUT2D eigenvalue weighted by molar-refractivity contribution is -0.153. The summed E-state index contributed by atoms with van der Waals surface area (Å²) in [6.07, 6.45) is 5.54. The fourth-order valence-corrected chi connectivity index (χ4v) is 3.07. The van der Waals surface area contributed by atoms with Gasteiger partial charge in [-0.25, -0.2) is 4.79 Å². The molecule has 0 aliphatic carbocycles. The van der Waals surface area contributed by atoms with Gasteiger partial charge in [0.2, 0.25) is 0 Å². The molecule has 0 aromatic heterocycles. The molecule has 1 N–H and O–H groups in total. The molecule has 2 aliphatic rings. The van der Waals surface area contributed by atoms with E-state index in [0.29, 0.717) is 12.1 Å². The maximum absolute atomic E-state index is 11.4. The Morgan fingerprint density at radius 1 is 1.24 bits per heavy atom. The highest BCUT2D eigenvalue weighted by Gasteiger charge is 2.36. The first kappa shape index (κ1) is 12.4. The van der Waals surface area contributed by atoms with Gasteiger partial charge in [0, 0.05) is 18.1 Å². The Balaban J connectivity index is 1.92. The molecule has 5 nitrogen and oxygen atoms in total. The lowest BCUT2D eigenvalue weighted by atomic mass is 9.82. The highest BCUT2D eigenvalue weighted by Crippen LogP contribution is 2.32. The zero-order chi connectivity index (χ0) is 12.4. The van der Waals surface area contributed by atoms with Crippen LogP contribution >= 0.6 is 0 Å². The third-order valence-corrected chi connectivity index (χ3v) is 4.05. The number of hydrogen-bond acceptors (Lipinski definition) is 4. The minimum Gasteiger partial charge on any atom is -0.462 e. The summed E-state index contributed by atoms with van der Waals surface area (Å²) in [6, 6.07) is 1.21. The summed E-state index contributed by atoms with van der Waals surface area (Å²) in [5.41, 5.74) is 0. The van der Waals surface area contributed by atoms with Gasteiger partial charge in [0.05, 0.1) is 7.11 Å². The van der Waals surface area contributed by atoms with Crippen LogP contribution in [0.15, 0.2) is 0 Å². The Bertz CT molecular complexity index is 305. The predicted octanol–water partition coefficient (Wildman–Crippen LogP) is 0.291. The zero-order valence-corrected chi connectivity index (χ0v) is 10.4. The van der Waals surface area contributed by atoms with E-state index in [1.165, 1.54) is 26.4 Å². The molecule has 2 aliphatic heterocycles. The van der Waals surface area contributed by atoms with Gasteiger partial charge in [-0.2, -0.15) is 0 Å². The number of fused-ring (bicyclic) bond motifs is 2. The standard InChI is InChI=1S/C12H20N2O3/c1-14-9-4-3-5-10(14)7-8(6-9)13-11(15)12(16)17-2/h8-10H,3-7H2,1-2H3,(H,13,15). The van der Waals surface area contributed by atoms with Crippen molar-refractivity contribution in [1.29, 1.82) is 0 Å². The van der Waals surface area contributed by atoms with Crippen LogP contribution < -0.4 is 5.32 Å². The van der Waals surface area contributed by atoms with Crippen LogP contribution in [-0.4, -0.2) is 49.1 Å². The van der Waals surface area contributed by atoms with Gasteiger partial charge in [-0.15, -0.1) is 0 Å². The van der Waals surface area contributed by atoms with Crippen LogP contribution in [0.5, 0.6) is 0 Å². The van der Waals surface area contributed by atoms with Crippen molar-refractivity contribution in [2.24, 2.45) is 0 Å². The minimum atomic E-state index is -0.797. The average molecular weight is 240 g/mol. The third kappa shape index (κ3) is 2.60. The molecule has 1 amide bonds. The molecule has 0 aromatic carbocycles. The molecule has 2 atom stereocenters. The Morgan fingerprint density at radius 3 is 2.35 bits per heavy atom. The largest absolute Gasteiger partial charge is 0.462 e. The number of ether oxygens (including phenoxy) is 1. The van der Waals surface area contributed by atoms with Crippen molar-refractivity contribution in [2.75, 3.05) is 14.2 Å². The number of carbonyl (C=O) groups excluding carboxylic acids is 2. The molecule has 96 valence electrons. The van der Waals surface area contributed by atoms with E-state index in [1.54, 1.807) is 0 Å². The van der Waals surface area contributed by atoms with Crippen LogP contribution in [0.3, 0.4) is 0 Å². The average Bonchev–Trinajstić information content (AvgIpc) is 2.29. The van der Waals surface area contributed by atoms with Crippen LogP contribution in [0, 0.1) is 0 Å². The highest BCUT2D eigenvalue weighted by molar-refractivity contribution is 6.32. The molecule has 0 spiro atoms. The van der Waals surface area contributed by atoms with Crippen LogP contribution in [0.2, 0.25) is 0 Å². The van der Waals surface area contributed by atoms with Gasteiger partial charge in [0.15, 0.2) is 0 Å². The monoisotopic (exact) mass is 240 g/mol. The van der Waals surface area contributed by atoms with E-state index >= 15 is 0 Å². The minimum absolute atomic E-state index is 0.119. The topological polar surface area (TPSA) is 58.6 Å². The summed E-state index contributed by atoms with van der Waals surface area (Å²) in [6.45, 7) is 0. The molecule has 2 fully saturated rings. The molecule has 0 aromatic rings. The van der Waals surface area contributed by atoms with Gasteiger partial charge in [0.25, 0.3) is 0 Å². The predicted molar refractivity (Wildman–Crippen MR) is 62.4 cm³/mol. The molecular formula is C12H20N2O3. The van der Waals surface area contributed by atoms with Crippen molar-refractivity contribution < 1.29 is 14.3 Å². The molecule has 5 heteroatoms. The summed E-state index contributed by atoms with van der Waals surface area (Å²) >= 11 is 0. The third-order valence-electron chi connectivity index (χ3n) is 4.05. The number of carbonyl (C=O) groups is 2. The molecular weight excluding hydrogens is 220 g/mol. The second-order valence-electron chi connectivity index (χ2n) is 5.04. The summed E-state index contributed by atoms with van der Waals surface area (Å²) < 4.78 is 4.41. The molecule has 2 unspecified atom stereocenters. The summed E-state index contributed by atoms with van der Waals surface area (Å²) in [4.78, 5) is 24.9. The van der Waals surface area contributed by atoms with Gasteiger partial charge in [-0.1, -0.05) is 6.42 Å². The summed E-state index contributed by atoms with van der Waals surface area (Å²) in [5, 5.41) is 2.78. The lowest BCUT2D eigenvalue weighted by Crippen LogP contribution is -2.56. The van der Waals surface area contributed by atoms with E-state index in [9.17, 15) is 9.59 Å². The fraction of sp³-hybridized carbons (Fsp3) is 0.833. The summed E-state index contributed by atoms with van der Waals surface area (Å²) in [7, 11) is 3.39. The van der Waals surface area contributed by atoms with Crippen molar-refractivity contribution in [3.8, 4) is 0 Å². The van der Waals surface area contributed by atoms with Gasteiger partial charge in [-0.05, 0) is 32.7 Å². The molecule has 2 bridgehead atoms. The molecule has 0 saturated carbocycles. The Hall–Kier alpha value is -1.10. The number of nitrogens with zero attached hydrogens (tertiary/aromatic N) is 1. The van der Waals surface area contributed by atoms with E-state index < -0.39 is 11.9 Å². The number of methoxy groups -OCH3 is 1. The Morgan fingerprint density at radius 2 is 1.82 bits per heavy atom. The molecule has 2 saturated heterocycles. The highest BCUT2D eigenvalue weighted by atomic mass is 16.5. The first-order valence-electron chi connectivity index (χ1n) is 6.22. The number of piperidine rings is 2. The van der Waals surface area contributed by atoms with Crippen molar-refractivity contribution in [3.05, 3.63) is 0 Å². The molecule has 0 radical (unpaired) electrons. The van der Waals surface area contributed by atoms with Gasteiger partial charge >= 0.3 is 11.9 Å². The van der Waals surface area contributed by atoms with E-state index in [2.05, 4.69) is 22.0 Å². The maximum atomic E-state index is 11.4. The fourth-order valence-electron chi connectivity index (χ4n) is 3.07. The molecule has 2 heterocycles. The van der Waals surface area contributed by atoms with Crippen LogP contribution in [-0.2, 0) is 14.3 Å². The van der Waals surface area contributed by atoms with Crippen molar-refractivity contribution in [3.63, 3.8) is 0 Å². The van der Waals surface area contributed by atoms with Crippen molar-refractivity contribution in [1.82, 2.24) is 10.2 Å². The van der Waals surface area contributed by atoms with Gasteiger partial charge in [-0.3, -0.25) is 4.79 Å². The molecule has 17 heavy (non-hydrogen) atoms. The first-order valence-corrected chi connectivity index (χ1v) is 6.22. The number of nitrogens with one attached hydrogen (secondary N) is 1. The smallest absolute Gasteiger partial charge is 0.396 e. The van der Waals surface area contributed by atoms with E-state index in [4.69, 9.17) is 0 Å². The second-order valence-corrected chi connectivity index (χ2v) is 5.04. The van der Waals surface area contributed by atoms with Gasteiger partial charge in [0.1, 0.15) is 0 Å². The van der Waals surface area contributed by atoms with E-state index in [1.807, 2.05) is 0 Å². The summed E-state index contributed by atoms with van der Waals surface area (Å²) in [5.74, 6) is -1.41. The zero-order valence-electron chi connectivity index (χ0n) is 10.4.